The molecule has 0 amide bonds. The van der Waals surface area contributed by atoms with Crippen molar-refractivity contribution in [2.24, 2.45) is 0 Å². The van der Waals surface area contributed by atoms with Crippen LogP contribution in [0.2, 0.25) is 0 Å². The zero-order valence-electron chi connectivity index (χ0n) is 29.2. The quantitative estimate of drug-likeness (QED) is 0.0851. The highest BCUT2D eigenvalue weighted by molar-refractivity contribution is 5.83. The van der Waals surface area contributed by atoms with Crippen LogP contribution < -0.4 is 43.9 Å². The summed E-state index contributed by atoms with van der Waals surface area (Å²) in [6, 6.07) is 21.7. The van der Waals surface area contributed by atoms with Gasteiger partial charge in [-0.3, -0.25) is 0 Å². The molecule has 0 radical (unpaired) electrons. The fourth-order valence-electron chi connectivity index (χ4n) is 6.45. The fraction of sp³-hybridized carbons (Fsp3) is 0.571. The van der Waals surface area contributed by atoms with Gasteiger partial charge in [-0.1, -0.05) is 166 Å². The molecule has 4 rings (SSSR count). The smallest absolute Gasteiger partial charge is 0.187 e. The lowest BCUT2D eigenvalue weighted by atomic mass is 10.0. The third kappa shape index (κ3) is 17.4. The van der Waals surface area contributed by atoms with E-state index in [0.29, 0.717) is 0 Å². The Hall–Kier alpha value is -1.78. The van der Waals surface area contributed by atoms with Crippen molar-refractivity contribution in [2.45, 2.75) is 155 Å². The summed E-state index contributed by atoms with van der Waals surface area (Å²) in [4.78, 5) is 6.88. The third-order valence-corrected chi connectivity index (χ3v) is 9.17. The molecule has 0 bridgehead atoms. The minimum Gasteiger partial charge on any atom is -1.00 e. The number of aromatic nitrogens is 2. The van der Waals surface area contributed by atoms with Crippen molar-refractivity contribution in [3.05, 3.63) is 84.4 Å². The topological polar surface area (TPSA) is 28.3 Å². The molecule has 0 saturated heterocycles. The van der Waals surface area contributed by atoms with Crippen LogP contribution in [-0.4, -0.2) is 0 Å². The first-order chi connectivity index (χ1) is 21.8. The van der Waals surface area contributed by atoms with Gasteiger partial charge in [0.1, 0.15) is 0 Å². The van der Waals surface area contributed by atoms with Crippen LogP contribution in [0.25, 0.3) is 21.5 Å². The average molecular weight is 757 g/mol. The van der Waals surface area contributed by atoms with Gasteiger partial charge in [0.05, 0.1) is 0 Å². The SMILES string of the molecule is CCCCCCCCCCCCc1[nH+]ccc2ccccc12.CCCCCCCCCCCCc1[nH+]ccc2ccccc12.[Br-].[Br-]. The van der Waals surface area contributed by atoms with Gasteiger partial charge in [0, 0.05) is 35.7 Å². The molecule has 0 unspecified atom stereocenters. The number of aromatic amines is 2. The third-order valence-electron chi connectivity index (χ3n) is 9.17. The summed E-state index contributed by atoms with van der Waals surface area (Å²) in [5, 5.41) is 5.48. The second-order valence-corrected chi connectivity index (χ2v) is 13.0. The van der Waals surface area contributed by atoms with E-state index >= 15 is 0 Å². The largest absolute Gasteiger partial charge is 1.00 e. The summed E-state index contributed by atoms with van der Waals surface area (Å²) in [6.07, 6.45) is 34.6. The number of nitrogens with one attached hydrogen (secondary N) is 2. The van der Waals surface area contributed by atoms with Crippen molar-refractivity contribution < 1.29 is 43.9 Å². The lowest BCUT2D eigenvalue weighted by Crippen LogP contribution is -3.00. The molecular formula is C42H64Br2N2. The van der Waals surface area contributed by atoms with Gasteiger partial charge < -0.3 is 34.0 Å². The summed E-state index contributed by atoms with van der Waals surface area (Å²) in [5.41, 5.74) is 2.80. The second kappa shape index (κ2) is 28.3. The summed E-state index contributed by atoms with van der Waals surface area (Å²) in [7, 11) is 0. The molecule has 0 spiro atoms. The van der Waals surface area contributed by atoms with E-state index in [2.05, 4.69) is 96.9 Å². The van der Waals surface area contributed by atoms with E-state index in [4.69, 9.17) is 0 Å². The van der Waals surface area contributed by atoms with Crippen LogP contribution >= 0.6 is 0 Å². The lowest BCUT2D eigenvalue weighted by molar-refractivity contribution is -0.388. The van der Waals surface area contributed by atoms with Crippen molar-refractivity contribution in [3.8, 4) is 0 Å². The summed E-state index contributed by atoms with van der Waals surface area (Å²) >= 11 is 0. The van der Waals surface area contributed by atoms with Crippen LogP contribution in [0.1, 0.15) is 154 Å². The molecule has 0 aliphatic heterocycles. The Balaban J connectivity index is 0.000000441. The molecule has 0 aliphatic rings. The molecule has 2 nitrogen and oxygen atoms in total. The first-order valence-corrected chi connectivity index (χ1v) is 18.6. The maximum atomic E-state index is 3.44. The van der Waals surface area contributed by atoms with Gasteiger partial charge in [0.2, 0.25) is 0 Å². The Labute approximate surface area is 303 Å². The van der Waals surface area contributed by atoms with Crippen molar-refractivity contribution in [2.75, 3.05) is 0 Å². The van der Waals surface area contributed by atoms with E-state index in [1.807, 2.05) is 0 Å². The van der Waals surface area contributed by atoms with E-state index in [1.165, 1.54) is 174 Å². The van der Waals surface area contributed by atoms with Crippen LogP contribution in [0.15, 0.2) is 73.1 Å². The molecule has 0 saturated carbocycles. The maximum absolute atomic E-state index is 3.44. The predicted molar refractivity (Wildman–Crippen MR) is 192 cm³/mol. The van der Waals surface area contributed by atoms with E-state index in [9.17, 15) is 0 Å². The first-order valence-electron chi connectivity index (χ1n) is 18.6. The van der Waals surface area contributed by atoms with Crippen LogP contribution in [0.4, 0.5) is 0 Å². The highest BCUT2D eigenvalue weighted by Crippen LogP contribution is 2.19. The molecule has 2 heterocycles. The minimum atomic E-state index is 0. The maximum Gasteiger partial charge on any atom is 0.187 e. The highest BCUT2D eigenvalue weighted by Gasteiger charge is 2.08. The molecule has 4 heteroatoms. The Kier molecular flexibility index (Phi) is 25.9. The number of hydrogen-bond acceptors (Lipinski definition) is 0. The zero-order valence-corrected chi connectivity index (χ0v) is 32.4. The lowest BCUT2D eigenvalue weighted by Gasteiger charge is -2.02. The molecule has 2 aromatic carbocycles. The predicted octanol–water partition coefficient (Wildman–Crippen LogP) is 6.24. The molecule has 46 heavy (non-hydrogen) atoms. The van der Waals surface area contributed by atoms with Crippen molar-refractivity contribution in [3.63, 3.8) is 0 Å². The van der Waals surface area contributed by atoms with Crippen LogP contribution in [-0.2, 0) is 12.8 Å². The number of fused-ring (bicyclic) bond motifs is 2. The molecule has 256 valence electrons. The van der Waals surface area contributed by atoms with Gasteiger partial charge in [-0.2, -0.15) is 0 Å². The van der Waals surface area contributed by atoms with Crippen molar-refractivity contribution >= 4 is 21.5 Å². The summed E-state index contributed by atoms with van der Waals surface area (Å²) < 4.78 is 0. The van der Waals surface area contributed by atoms with Gasteiger partial charge in [-0.05, 0) is 35.7 Å². The number of benzene rings is 2. The van der Waals surface area contributed by atoms with Gasteiger partial charge in [-0.15, -0.1) is 0 Å². The molecule has 2 N–H and O–H groups in total. The van der Waals surface area contributed by atoms with E-state index in [1.54, 1.807) is 0 Å². The normalized spacial score (nSPS) is 10.7. The standard InChI is InChI=1S/2C21H31N.2BrH/c2*1-2-3-4-5-6-7-8-9-10-11-16-21-20-15-13-12-14-19(20)17-18-22-21;;/h2*12-15,17-18H,2-11,16H2,1H3;2*1H. The molecule has 0 fully saturated rings. The molecule has 0 aliphatic carbocycles. The second-order valence-electron chi connectivity index (χ2n) is 13.0. The van der Waals surface area contributed by atoms with Crippen LogP contribution in [0, 0.1) is 0 Å². The summed E-state index contributed by atoms with van der Waals surface area (Å²) in [5.74, 6) is 0. The fourth-order valence-corrected chi connectivity index (χ4v) is 6.45. The van der Waals surface area contributed by atoms with Gasteiger partial charge >= 0.3 is 0 Å². The number of aryl methyl sites for hydroxylation is 2. The molecule has 4 aromatic rings. The highest BCUT2D eigenvalue weighted by atomic mass is 79.9. The molecular weight excluding hydrogens is 692 g/mol. The minimum absolute atomic E-state index is 0. The Morgan fingerprint density at radius 3 is 1.02 bits per heavy atom. The van der Waals surface area contributed by atoms with Crippen LogP contribution in [0.3, 0.4) is 0 Å². The first kappa shape index (κ1) is 42.2. The number of H-pyrrole nitrogens is 2. The van der Waals surface area contributed by atoms with E-state index in [0.717, 1.165) is 0 Å². The van der Waals surface area contributed by atoms with Gasteiger partial charge in [0.25, 0.3) is 0 Å². The molecule has 2 aromatic heterocycles. The number of hydrogen-bond donors (Lipinski definition) is 0. The average Bonchev–Trinajstić information content (AvgIpc) is 3.07. The van der Waals surface area contributed by atoms with E-state index in [-0.39, 0.29) is 34.0 Å². The van der Waals surface area contributed by atoms with Crippen molar-refractivity contribution in [1.29, 1.82) is 0 Å². The van der Waals surface area contributed by atoms with Gasteiger partial charge in [-0.25, -0.2) is 9.97 Å². The van der Waals surface area contributed by atoms with Gasteiger partial charge in [0.15, 0.2) is 23.8 Å². The Bertz CT molecular complexity index is 1160. The number of halogens is 2. The monoisotopic (exact) mass is 754 g/mol. The summed E-state index contributed by atoms with van der Waals surface area (Å²) in [6.45, 7) is 4.57. The zero-order chi connectivity index (χ0) is 30.9. The van der Waals surface area contributed by atoms with Crippen molar-refractivity contribution in [1.82, 2.24) is 0 Å². The number of pyridine rings is 2. The van der Waals surface area contributed by atoms with Crippen LogP contribution in [0.5, 0.6) is 0 Å². The molecule has 0 atom stereocenters. The number of rotatable bonds is 22. The number of unbranched alkanes of at least 4 members (excludes halogenated alkanes) is 18. The Morgan fingerprint density at radius 1 is 0.370 bits per heavy atom. The Morgan fingerprint density at radius 2 is 0.674 bits per heavy atom. The van der Waals surface area contributed by atoms with E-state index < -0.39 is 0 Å².